The largest absolute Gasteiger partial charge is 0.497 e. The molecule has 0 saturated heterocycles. The second-order valence-electron chi connectivity index (χ2n) is 3.53. The number of hydrogen-bond acceptors (Lipinski definition) is 4. The van der Waals surface area contributed by atoms with Gasteiger partial charge in [0, 0.05) is 6.54 Å². The van der Waals surface area contributed by atoms with E-state index in [0.717, 1.165) is 18.7 Å². The summed E-state index contributed by atoms with van der Waals surface area (Å²) < 4.78 is 5.11. The first-order valence-electron chi connectivity index (χ1n) is 5.00. The van der Waals surface area contributed by atoms with E-state index in [1.165, 1.54) is 5.56 Å². The van der Waals surface area contributed by atoms with Crippen LogP contribution in [0.5, 0.6) is 5.75 Å². The van der Waals surface area contributed by atoms with Crippen LogP contribution in [-0.2, 0) is 0 Å². The lowest BCUT2D eigenvalue weighted by Gasteiger charge is -2.22. The first-order chi connectivity index (χ1) is 7.29. The quantitative estimate of drug-likeness (QED) is 0.758. The normalized spacial score (nSPS) is 20.3. The van der Waals surface area contributed by atoms with Crippen LogP contribution in [0.4, 0.5) is 0 Å². The number of rotatable bonds is 2. The Hall–Kier alpha value is -1.71. The van der Waals surface area contributed by atoms with Crippen LogP contribution in [0.2, 0.25) is 0 Å². The van der Waals surface area contributed by atoms with Crippen molar-refractivity contribution in [2.45, 2.75) is 12.5 Å². The summed E-state index contributed by atoms with van der Waals surface area (Å²) in [5.41, 5.74) is 6.85. The predicted octanol–water partition coefficient (Wildman–Crippen LogP) is 1.04. The maximum absolute atomic E-state index is 5.63. The van der Waals surface area contributed by atoms with Gasteiger partial charge in [-0.05, 0) is 24.1 Å². The standard InChI is InChI=1S/C11H15N3O/c1-15-9-4-2-8(3-5-9)10-6-7-13-11(12)14-10/h2-5,10H,6-7H2,1H3,(H3,12,13,14). The maximum Gasteiger partial charge on any atom is 0.189 e. The van der Waals surface area contributed by atoms with E-state index in [0.29, 0.717) is 5.96 Å². The van der Waals surface area contributed by atoms with Gasteiger partial charge in [-0.2, -0.15) is 0 Å². The number of nitrogens with one attached hydrogen (secondary N) is 1. The lowest BCUT2D eigenvalue weighted by molar-refractivity contribution is 0.414. The molecule has 2 rings (SSSR count). The molecule has 3 N–H and O–H groups in total. The van der Waals surface area contributed by atoms with Gasteiger partial charge in [0.15, 0.2) is 5.96 Å². The molecular formula is C11H15N3O. The van der Waals surface area contributed by atoms with Crippen molar-refractivity contribution in [1.82, 2.24) is 5.32 Å². The first-order valence-corrected chi connectivity index (χ1v) is 5.00. The Kier molecular flexibility index (Phi) is 2.76. The summed E-state index contributed by atoms with van der Waals surface area (Å²) in [5.74, 6) is 1.40. The molecule has 0 fully saturated rings. The van der Waals surface area contributed by atoms with E-state index in [4.69, 9.17) is 10.5 Å². The number of nitrogens with zero attached hydrogens (tertiary/aromatic N) is 1. The molecule has 0 saturated carbocycles. The van der Waals surface area contributed by atoms with E-state index in [2.05, 4.69) is 22.4 Å². The molecule has 15 heavy (non-hydrogen) atoms. The molecule has 4 heteroatoms. The summed E-state index contributed by atoms with van der Waals surface area (Å²) >= 11 is 0. The molecule has 80 valence electrons. The molecule has 0 bridgehead atoms. The van der Waals surface area contributed by atoms with Crippen molar-refractivity contribution in [2.24, 2.45) is 10.7 Å². The molecule has 0 aliphatic carbocycles. The highest BCUT2D eigenvalue weighted by Crippen LogP contribution is 2.21. The van der Waals surface area contributed by atoms with Gasteiger partial charge < -0.3 is 15.8 Å². The predicted molar refractivity (Wildman–Crippen MR) is 60.0 cm³/mol. The second kappa shape index (κ2) is 4.21. The Labute approximate surface area is 89.1 Å². The minimum atomic E-state index is 0.272. The van der Waals surface area contributed by atoms with Crippen LogP contribution in [0.1, 0.15) is 18.0 Å². The zero-order valence-corrected chi connectivity index (χ0v) is 8.73. The minimum Gasteiger partial charge on any atom is -0.497 e. The van der Waals surface area contributed by atoms with Crippen LogP contribution in [0.25, 0.3) is 0 Å². The molecule has 0 radical (unpaired) electrons. The smallest absolute Gasteiger partial charge is 0.189 e. The van der Waals surface area contributed by atoms with Crippen molar-refractivity contribution >= 4 is 5.96 Å². The molecule has 1 aromatic carbocycles. The van der Waals surface area contributed by atoms with Crippen LogP contribution in [0, 0.1) is 0 Å². The Balaban J connectivity index is 2.12. The van der Waals surface area contributed by atoms with Crippen LogP contribution in [0.15, 0.2) is 29.3 Å². The van der Waals surface area contributed by atoms with Gasteiger partial charge in [-0.15, -0.1) is 0 Å². The van der Waals surface area contributed by atoms with Crippen molar-refractivity contribution in [3.05, 3.63) is 29.8 Å². The molecular weight excluding hydrogens is 190 g/mol. The lowest BCUT2D eigenvalue weighted by Crippen LogP contribution is -2.38. The van der Waals surface area contributed by atoms with Gasteiger partial charge in [-0.3, -0.25) is 4.99 Å². The molecule has 1 aromatic rings. The lowest BCUT2D eigenvalue weighted by atomic mass is 10.0. The second-order valence-corrected chi connectivity index (χ2v) is 3.53. The minimum absolute atomic E-state index is 0.272. The zero-order valence-electron chi connectivity index (χ0n) is 8.73. The van der Waals surface area contributed by atoms with Gasteiger partial charge in [0.25, 0.3) is 0 Å². The Morgan fingerprint density at radius 2 is 2.13 bits per heavy atom. The maximum atomic E-state index is 5.63. The van der Waals surface area contributed by atoms with E-state index in [9.17, 15) is 0 Å². The Morgan fingerprint density at radius 3 is 2.73 bits per heavy atom. The molecule has 0 aromatic heterocycles. The monoisotopic (exact) mass is 205 g/mol. The van der Waals surface area contributed by atoms with Crippen molar-refractivity contribution in [2.75, 3.05) is 13.7 Å². The fraction of sp³-hybridized carbons (Fsp3) is 0.364. The van der Waals surface area contributed by atoms with E-state index in [1.54, 1.807) is 7.11 Å². The Morgan fingerprint density at radius 1 is 1.40 bits per heavy atom. The highest BCUT2D eigenvalue weighted by Gasteiger charge is 2.15. The van der Waals surface area contributed by atoms with E-state index in [1.807, 2.05) is 12.1 Å². The highest BCUT2D eigenvalue weighted by molar-refractivity contribution is 5.78. The molecule has 1 aliphatic heterocycles. The summed E-state index contributed by atoms with van der Waals surface area (Å²) in [6.45, 7) is 0.787. The van der Waals surface area contributed by atoms with E-state index in [-0.39, 0.29) is 6.04 Å². The molecule has 1 aliphatic rings. The van der Waals surface area contributed by atoms with E-state index >= 15 is 0 Å². The van der Waals surface area contributed by atoms with Crippen molar-refractivity contribution in [3.63, 3.8) is 0 Å². The third-order valence-corrected chi connectivity index (χ3v) is 2.54. The fourth-order valence-corrected chi connectivity index (χ4v) is 1.70. The van der Waals surface area contributed by atoms with Gasteiger partial charge >= 0.3 is 0 Å². The van der Waals surface area contributed by atoms with Gasteiger partial charge in [0.2, 0.25) is 0 Å². The number of aliphatic imine (C=N–C) groups is 1. The third-order valence-electron chi connectivity index (χ3n) is 2.54. The van der Waals surface area contributed by atoms with Gasteiger partial charge in [0.1, 0.15) is 5.75 Å². The average molecular weight is 205 g/mol. The summed E-state index contributed by atoms with van der Waals surface area (Å²) in [6.07, 6.45) is 0.979. The van der Waals surface area contributed by atoms with Crippen LogP contribution in [-0.4, -0.2) is 19.6 Å². The molecule has 4 nitrogen and oxygen atoms in total. The summed E-state index contributed by atoms with van der Waals surface area (Å²) in [5, 5.41) is 3.16. The number of benzene rings is 1. The number of guanidine groups is 1. The number of methoxy groups -OCH3 is 1. The van der Waals surface area contributed by atoms with Crippen LogP contribution in [0.3, 0.4) is 0 Å². The number of hydrogen-bond donors (Lipinski definition) is 2. The topological polar surface area (TPSA) is 59.6 Å². The summed E-state index contributed by atoms with van der Waals surface area (Å²) in [7, 11) is 1.67. The van der Waals surface area contributed by atoms with Crippen molar-refractivity contribution in [3.8, 4) is 5.75 Å². The Bertz CT molecular complexity index is 359. The molecule has 1 atom stereocenters. The van der Waals surface area contributed by atoms with Crippen LogP contribution < -0.4 is 15.8 Å². The van der Waals surface area contributed by atoms with Crippen LogP contribution >= 0.6 is 0 Å². The van der Waals surface area contributed by atoms with Crippen molar-refractivity contribution in [1.29, 1.82) is 0 Å². The van der Waals surface area contributed by atoms with E-state index < -0.39 is 0 Å². The number of nitrogens with two attached hydrogens (primary N) is 1. The molecule has 0 spiro atoms. The van der Waals surface area contributed by atoms with Gasteiger partial charge in [0.05, 0.1) is 13.2 Å². The average Bonchev–Trinajstić information content (AvgIpc) is 2.29. The fourth-order valence-electron chi connectivity index (χ4n) is 1.70. The molecule has 1 unspecified atom stereocenters. The zero-order chi connectivity index (χ0) is 10.7. The summed E-state index contributed by atoms with van der Waals surface area (Å²) in [4.78, 5) is 4.10. The number of ether oxygens (including phenoxy) is 1. The summed E-state index contributed by atoms with van der Waals surface area (Å²) in [6, 6.07) is 8.29. The van der Waals surface area contributed by atoms with Gasteiger partial charge in [-0.25, -0.2) is 0 Å². The third kappa shape index (κ3) is 2.21. The SMILES string of the molecule is COc1ccc(C2CCN=C(N)N2)cc1. The van der Waals surface area contributed by atoms with Crippen molar-refractivity contribution < 1.29 is 4.74 Å². The molecule has 0 amide bonds. The first kappa shape index (κ1) is 9.83. The van der Waals surface area contributed by atoms with Gasteiger partial charge in [-0.1, -0.05) is 12.1 Å². The highest BCUT2D eigenvalue weighted by atomic mass is 16.5. The molecule has 1 heterocycles.